The fourth-order valence-corrected chi connectivity index (χ4v) is 4.73. The number of carbonyl (C=O) groups excluding carboxylic acids is 1. The number of hydrogen-bond donors (Lipinski definition) is 1. The number of carbonyl (C=O) groups is 1. The minimum absolute atomic E-state index is 0.0156. The Morgan fingerprint density at radius 2 is 2.19 bits per heavy atom. The highest BCUT2D eigenvalue weighted by atomic mass is 16.5. The highest BCUT2D eigenvalue weighted by Crippen LogP contribution is 2.47. The fourth-order valence-electron chi connectivity index (χ4n) is 4.73. The maximum Gasteiger partial charge on any atom is 0.249 e. The van der Waals surface area contributed by atoms with E-state index in [1.165, 1.54) is 6.42 Å². The molecular formula is C19H22N6O2. The number of hydrogen-bond acceptors (Lipinski definition) is 6. The van der Waals surface area contributed by atoms with Gasteiger partial charge in [-0.1, -0.05) is 23.7 Å². The summed E-state index contributed by atoms with van der Waals surface area (Å²) in [7, 11) is 0. The normalized spacial score (nSPS) is 24.6. The third-order valence-electron chi connectivity index (χ3n) is 5.91. The van der Waals surface area contributed by atoms with Gasteiger partial charge in [0.2, 0.25) is 11.8 Å². The number of nitrogens with two attached hydrogens (primary N) is 1. The molecule has 2 N–H and O–H groups in total. The molecule has 1 saturated heterocycles. The number of fused-ring (bicyclic) bond motifs is 2. The molecule has 8 nitrogen and oxygen atoms in total. The molecule has 1 aromatic carbocycles. The van der Waals surface area contributed by atoms with Gasteiger partial charge < -0.3 is 19.7 Å². The van der Waals surface area contributed by atoms with Crippen molar-refractivity contribution < 1.29 is 9.32 Å². The maximum atomic E-state index is 12.4. The second-order valence-corrected chi connectivity index (χ2v) is 7.42. The molecule has 2 fully saturated rings. The van der Waals surface area contributed by atoms with Crippen molar-refractivity contribution in [3.8, 4) is 0 Å². The van der Waals surface area contributed by atoms with E-state index in [9.17, 15) is 4.79 Å². The van der Waals surface area contributed by atoms with E-state index >= 15 is 0 Å². The van der Waals surface area contributed by atoms with Gasteiger partial charge in [-0.15, -0.1) is 0 Å². The van der Waals surface area contributed by atoms with Crippen LogP contribution in [0.2, 0.25) is 0 Å². The first-order valence-corrected chi connectivity index (χ1v) is 9.48. The van der Waals surface area contributed by atoms with Crippen molar-refractivity contribution in [3.63, 3.8) is 0 Å². The lowest BCUT2D eigenvalue weighted by molar-refractivity contribution is -0.133. The van der Waals surface area contributed by atoms with Crippen LogP contribution in [0.3, 0.4) is 0 Å². The molecule has 1 aliphatic carbocycles. The topological polar surface area (TPSA) is 103 Å². The molecule has 0 bridgehead atoms. The van der Waals surface area contributed by atoms with E-state index in [0.717, 1.165) is 30.3 Å². The zero-order valence-electron chi connectivity index (χ0n) is 15.0. The standard InChI is InChI=1S/C19H22N6O2/c20-9-18(26)25-14-7-3-4-12(14)8-16(25)19-22-17(23-27-19)10-24-11-21-13-5-1-2-6-15(13)24/h1-2,5-6,11-12,14,16H,3-4,7-10,20H2/t12-,14-,16-/m0/s1. The summed E-state index contributed by atoms with van der Waals surface area (Å²) >= 11 is 0. The van der Waals surface area contributed by atoms with E-state index in [2.05, 4.69) is 15.1 Å². The van der Waals surface area contributed by atoms with Crippen molar-refractivity contribution in [1.82, 2.24) is 24.6 Å². The third kappa shape index (κ3) is 2.71. The van der Waals surface area contributed by atoms with Crippen LogP contribution in [0.5, 0.6) is 0 Å². The van der Waals surface area contributed by atoms with Crippen LogP contribution in [0.4, 0.5) is 0 Å². The van der Waals surface area contributed by atoms with Gasteiger partial charge in [-0.25, -0.2) is 4.98 Å². The van der Waals surface area contributed by atoms with Crippen LogP contribution in [-0.4, -0.2) is 43.1 Å². The van der Waals surface area contributed by atoms with E-state index in [1.54, 1.807) is 6.33 Å². The maximum absolute atomic E-state index is 12.4. The zero-order valence-corrected chi connectivity index (χ0v) is 15.0. The van der Waals surface area contributed by atoms with Crippen LogP contribution in [0, 0.1) is 5.92 Å². The van der Waals surface area contributed by atoms with E-state index in [-0.39, 0.29) is 24.5 Å². The quantitative estimate of drug-likeness (QED) is 0.756. The minimum Gasteiger partial charge on any atom is -0.337 e. The molecule has 0 unspecified atom stereocenters. The van der Waals surface area contributed by atoms with Gasteiger partial charge in [0.05, 0.1) is 30.5 Å². The lowest BCUT2D eigenvalue weighted by Gasteiger charge is -2.27. The Kier molecular flexibility index (Phi) is 3.93. The highest BCUT2D eigenvalue weighted by molar-refractivity contribution is 5.79. The van der Waals surface area contributed by atoms with Crippen molar-refractivity contribution in [3.05, 3.63) is 42.3 Å². The number of amides is 1. The third-order valence-corrected chi connectivity index (χ3v) is 5.91. The molecule has 3 aromatic rings. The van der Waals surface area contributed by atoms with Gasteiger partial charge in [0.1, 0.15) is 6.04 Å². The fraction of sp³-hybridized carbons (Fsp3) is 0.474. The van der Waals surface area contributed by atoms with E-state index in [1.807, 2.05) is 33.7 Å². The second kappa shape index (κ2) is 6.45. The summed E-state index contributed by atoms with van der Waals surface area (Å²) in [5, 5.41) is 4.15. The molecule has 1 aliphatic heterocycles. The Morgan fingerprint density at radius 3 is 3.07 bits per heavy atom. The van der Waals surface area contributed by atoms with Gasteiger partial charge in [-0.2, -0.15) is 4.98 Å². The Hall–Kier alpha value is -2.74. The van der Waals surface area contributed by atoms with E-state index < -0.39 is 0 Å². The SMILES string of the molecule is NCC(=O)N1[C@H](c2nc(Cn3cnc4ccccc43)no2)C[C@@H]2CCC[C@@H]21. The summed E-state index contributed by atoms with van der Waals surface area (Å²) in [6.45, 7) is 0.496. The number of para-hydroxylation sites is 2. The van der Waals surface area contributed by atoms with Gasteiger partial charge in [0.15, 0.2) is 5.82 Å². The molecule has 0 radical (unpaired) electrons. The average Bonchev–Trinajstić information content (AvgIpc) is 3.45. The molecule has 2 aliphatic rings. The molecule has 1 amide bonds. The summed E-state index contributed by atoms with van der Waals surface area (Å²) in [6, 6.07) is 8.04. The predicted octanol–water partition coefficient (Wildman–Crippen LogP) is 1.87. The summed E-state index contributed by atoms with van der Waals surface area (Å²) < 4.78 is 7.57. The summed E-state index contributed by atoms with van der Waals surface area (Å²) in [4.78, 5) is 23.4. The first-order valence-electron chi connectivity index (χ1n) is 9.48. The number of imidazole rings is 1. The van der Waals surface area contributed by atoms with Crippen molar-refractivity contribution in [2.24, 2.45) is 11.7 Å². The van der Waals surface area contributed by atoms with Gasteiger partial charge in [0, 0.05) is 6.04 Å². The van der Waals surface area contributed by atoms with Crippen molar-refractivity contribution >= 4 is 16.9 Å². The number of aromatic nitrogens is 4. The molecule has 5 rings (SSSR count). The lowest BCUT2D eigenvalue weighted by atomic mass is 10.0. The zero-order chi connectivity index (χ0) is 18.4. The minimum atomic E-state index is -0.155. The van der Waals surface area contributed by atoms with Crippen LogP contribution in [0.1, 0.15) is 43.4 Å². The van der Waals surface area contributed by atoms with Crippen LogP contribution in [0.25, 0.3) is 11.0 Å². The van der Waals surface area contributed by atoms with Gasteiger partial charge in [-0.3, -0.25) is 4.79 Å². The average molecular weight is 366 g/mol. The molecular weight excluding hydrogens is 344 g/mol. The molecule has 3 atom stereocenters. The van der Waals surface area contributed by atoms with Crippen LogP contribution < -0.4 is 5.73 Å². The Morgan fingerprint density at radius 1 is 1.30 bits per heavy atom. The largest absolute Gasteiger partial charge is 0.337 e. The Labute approximate surface area is 156 Å². The molecule has 0 spiro atoms. The first kappa shape index (κ1) is 16.4. The smallest absolute Gasteiger partial charge is 0.249 e. The lowest BCUT2D eigenvalue weighted by Crippen LogP contribution is -2.41. The van der Waals surface area contributed by atoms with Crippen LogP contribution in [0.15, 0.2) is 35.1 Å². The number of nitrogens with zero attached hydrogens (tertiary/aromatic N) is 5. The number of benzene rings is 1. The van der Waals surface area contributed by atoms with Gasteiger partial charge in [0.25, 0.3) is 0 Å². The van der Waals surface area contributed by atoms with E-state index in [0.29, 0.717) is 24.2 Å². The highest BCUT2D eigenvalue weighted by Gasteiger charge is 2.48. The molecule has 27 heavy (non-hydrogen) atoms. The molecule has 3 heterocycles. The van der Waals surface area contributed by atoms with Crippen LogP contribution >= 0.6 is 0 Å². The van der Waals surface area contributed by atoms with E-state index in [4.69, 9.17) is 10.3 Å². The Bertz CT molecular complexity index is 979. The summed E-state index contributed by atoms with van der Waals surface area (Å²) in [5.74, 6) is 1.59. The van der Waals surface area contributed by atoms with Gasteiger partial charge in [-0.05, 0) is 37.3 Å². The van der Waals surface area contributed by atoms with Crippen LogP contribution in [-0.2, 0) is 11.3 Å². The number of likely N-dealkylation sites (tertiary alicyclic amines) is 1. The van der Waals surface area contributed by atoms with Crippen molar-refractivity contribution in [1.29, 1.82) is 0 Å². The molecule has 140 valence electrons. The molecule has 1 saturated carbocycles. The predicted molar refractivity (Wildman–Crippen MR) is 97.5 cm³/mol. The second-order valence-electron chi connectivity index (χ2n) is 7.42. The molecule has 8 heteroatoms. The Balaban J connectivity index is 1.40. The monoisotopic (exact) mass is 366 g/mol. The number of rotatable bonds is 4. The summed E-state index contributed by atoms with van der Waals surface area (Å²) in [6.07, 6.45) is 6.02. The first-order chi connectivity index (χ1) is 13.2. The van der Waals surface area contributed by atoms with Gasteiger partial charge >= 0.3 is 0 Å². The van der Waals surface area contributed by atoms with Crippen molar-refractivity contribution in [2.45, 2.75) is 44.3 Å². The summed E-state index contributed by atoms with van der Waals surface area (Å²) in [5.41, 5.74) is 7.62. The van der Waals surface area contributed by atoms with Crippen molar-refractivity contribution in [2.75, 3.05) is 6.54 Å². The molecule has 2 aromatic heterocycles.